The van der Waals surface area contributed by atoms with Crippen molar-refractivity contribution in [1.29, 1.82) is 0 Å². The average molecular weight is 342 g/mol. The number of rotatable bonds is 6. The first-order chi connectivity index (χ1) is 11.7. The number of benzene rings is 2. The topological polar surface area (TPSA) is 42.0 Å². The minimum absolute atomic E-state index is 0.00431. The van der Waals surface area contributed by atoms with Crippen LogP contribution in [0.5, 0.6) is 0 Å². The third-order valence-electron chi connectivity index (χ3n) is 3.83. The highest BCUT2D eigenvalue weighted by molar-refractivity contribution is 7.22. The maximum Gasteiger partial charge on any atom is 0.230 e. The molecule has 5 heteroatoms. The molecule has 1 aromatic heterocycles. The van der Waals surface area contributed by atoms with Gasteiger partial charge in [0.2, 0.25) is 5.91 Å². The van der Waals surface area contributed by atoms with Gasteiger partial charge in [0.15, 0.2) is 5.13 Å². The van der Waals surface area contributed by atoms with Crippen LogP contribution in [0.2, 0.25) is 0 Å². The summed E-state index contributed by atoms with van der Waals surface area (Å²) in [5, 5.41) is 3.33. The molecule has 0 saturated heterocycles. The van der Waals surface area contributed by atoms with E-state index in [2.05, 4.69) is 29.4 Å². The summed E-state index contributed by atoms with van der Waals surface area (Å²) in [6.45, 7) is 2.18. The van der Waals surface area contributed by atoms with Crippen LogP contribution in [0.3, 0.4) is 0 Å². The van der Waals surface area contributed by atoms with Crippen molar-refractivity contribution in [1.82, 2.24) is 4.98 Å². The van der Waals surface area contributed by atoms with Crippen molar-refractivity contribution in [3.05, 3.63) is 59.4 Å². The number of aryl methyl sites for hydroxylation is 1. The number of nitrogens with zero attached hydrogens (tertiary/aromatic N) is 1. The first-order valence-electron chi connectivity index (χ1n) is 8.08. The number of amides is 1. The molecule has 1 N–H and O–H groups in total. The van der Waals surface area contributed by atoms with Crippen LogP contribution >= 0.6 is 11.3 Å². The molecule has 0 atom stereocenters. The number of hydrogen-bond donors (Lipinski definition) is 1. The van der Waals surface area contributed by atoms with Gasteiger partial charge in [0.25, 0.3) is 0 Å². The standard InChI is InChI=1S/C19H19FN2OS/c1-2-3-6-13-9-10-16-17(11-13)24-19(21-16)22-18(23)12-14-7-4-5-8-15(14)20/h4-5,7-11H,2-3,6,12H2,1H3,(H,21,22,23). The van der Waals surface area contributed by atoms with Crippen molar-refractivity contribution in [2.24, 2.45) is 0 Å². The smallest absolute Gasteiger partial charge is 0.230 e. The molecule has 24 heavy (non-hydrogen) atoms. The lowest BCUT2D eigenvalue weighted by Crippen LogP contribution is -2.14. The molecule has 3 aromatic rings. The molecule has 3 nitrogen and oxygen atoms in total. The fourth-order valence-corrected chi connectivity index (χ4v) is 3.48. The molecule has 0 aliphatic carbocycles. The van der Waals surface area contributed by atoms with Crippen LogP contribution in [0, 0.1) is 5.82 Å². The van der Waals surface area contributed by atoms with Gasteiger partial charge in [-0.15, -0.1) is 0 Å². The Labute approximate surface area is 144 Å². The predicted octanol–water partition coefficient (Wildman–Crippen LogP) is 4.96. The van der Waals surface area contributed by atoms with Gasteiger partial charge < -0.3 is 5.32 Å². The van der Waals surface area contributed by atoms with E-state index < -0.39 is 0 Å². The molecule has 0 unspecified atom stereocenters. The van der Waals surface area contributed by atoms with Crippen molar-refractivity contribution >= 4 is 32.6 Å². The molecule has 1 amide bonds. The molecule has 3 rings (SSSR count). The van der Waals surface area contributed by atoms with E-state index in [1.165, 1.54) is 23.0 Å². The number of halogens is 1. The van der Waals surface area contributed by atoms with Crippen LogP contribution in [0.15, 0.2) is 42.5 Å². The van der Waals surface area contributed by atoms with Gasteiger partial charge in [0.1, 0.15) is 5.82 Å². The van der Waals surface area contributed by atoms with Gasteiger partial charge in [-0.25, -0.2) is 9.37 Å². The number of aromatic nitrogens is 1. The van der Waals surface area contributed by atoms with E-state index >= 15 is 0 Å². The summed E-state index contributed by atoms with van der Waals surface area (Å²) in [6, 6.07) is 12.5. The summed E-state index contributed by atoms with van der Waals surface area (Å²) in [7, 11) is 0. The van der Waals surface area contributed by atoms with Crippen molar-refractivity contribution in [2.45, 2.75) is 32.6 Å². The molecule has 1 heterocycles. The van der Waals surface area contributed by atoms with Crippen LogP contribution in [0.1, 0.15) is 30.9 Å². The fourth-order valence-electron chi connectivity index (χ4n) is 2.54. The summed E-state index contributed by atoms with van der Waals surface area (Å²) >= 11 is 1.45. The second-order valence-corrected chi connectivity index (χ2v) is 6.77. The molecule has 0 fully saturated rings. The molecule has 124 valence electrons. The first kappa shape index (κ1) is 16.6. The number of anilines is 1. The highest BCUT2D eigenvalue weighted by atomic mass is 32.1. The second-order valence-electron chi connectivity index (χ2n) is 5.74. The van der Waals surface area contributed by atoms with E-state index in [1.54, 1.807) is 18.2 Å². The summed E-state index contributed by atoms with van der Waals surface area (Å²) in [4.78, 5) is 16.5. The van der Waals surface area contributed by atoms with Crippen LogP contribution in [-0.4, -0.2) is 10.9 Å². The van der Waals surface area contributed by atoms with Gasteiger partial charge in [-0.3, -0.25) is 4.79 Å². The number of thiazole rings is 1. The highest BCUT2D eigenvalue weighted by Gasteiger charge is 2.11. The number of carbonyl (C=O) groups excluding carboxylic acids is 1. The largest absolute Gasteiger partial charge is 0.302 e. The monoisotopic (exact) mass is 342 g/mol. The summed E-state index contributed by atoms with van der Waals surface area (Å²) in [5.74, 6) is -0.622. The van der Waals surface area contributed by atoms with Gasteiger partial charge in [0.05, 0.1) is 16.6 Å². The molecule has 0 spiro atoms. The molecule has 0 saturated carbocycles. The second kappa shape index (κ2) is 7.53. The number of fused-ring (bicyclic) bond motifs is 1. The number of carbonyl (C=O) groups is 1. The number of unbranched alkanes of at least 4 members (excludes halogenated alkanes) is 1. The van der Waals surface area contributed by atoms with Gasteiger partial charge in [-0.05, 0) is 42.2 Å². The zero-order chi connectivity index (χ0) is 16.9. The molecule has 0 aliphatic heterocycles. The summed E-state index contributed by atoms with van der Waals surface area (Å²) in [6.07, 6.45) is 3.39. The fraction of sp³-hybridized carbons (Fsp3) is 0.263. The Kier molecular flexibility index (Phi) is 5.20. The summed E-state index contributed by atoms with van der Waals surface area (Å²) in [5.41, 5.74) is 2.55. The van der Waals surface area contributed by atoms with Gasteiger partial charge in [-0.1, -0.05) is 48.9 Å². The SMILES string of the molecule is CCCCc1ccc2nc(NC(=O)Cc3ccccc3F)sc2c1. The van der Waals surface area contributed by atoms with E-state index in [-0.39, 0.29) is 18.1 Å². The Balaban J connectivity index is 1.70. The lowest BCUT2D eigenvalue weighted by atomic mass is 10.1. The van der Waals surface area contributed by atoms with E-state index in [4.69, 9.17) is 0 Å². The van der Waals surface area contributed by atoms with Crippen molar-refractivity contribution < 1.29 is 9.18 Å². The third kappa shape index (κ3) is 3.97. The lowest BCUT2D eigenvalue weighted by Gasteiger charge is -2.02. The predicted molar refractivity (Wildman–Crippen MR) is 97.0 cm³/mol. The van der Waals surface area contributed by atoms with Crippen LogP contribution in [0.25, 0.3) is 10.2 Å². The zero-order valence-electron chi connectivity index (χ0n) is 13.5. The van der Waals surface area contributed by atoms with E-state index in [1.807, 2.05) is 6.07 Å². The molecular formula is C19H19FN2OS. The summed E-state index contributed by atoms with van der Waals surface area (Å²) < 4.78 is 14.7. The number of nitrogens with one attached hydrogen (secondary N) is 1. The van der Waals surface area contributed by atoms with Crippen molar-refractivity contribution in [3.8, 4) is 0 Å². The Bertz CT molecular complexity index is 859. The van der Waals surface area contributed by atoms with E-state index in [9.17, 15) is 9.18 Å². The quantitative estimate of drug-likeness (QED) is 0.688. The van der Waals surface area contributed by atoms with Crippen molar-refractivity contribution in [3.63, 3.8) is 0 Å². The molecule has 0 bridgehead atoms. The third-order valence-corrected chi connectivity index (χ3v) is 4.76. The Morgan fingerprint density at radius 1 is 1.25 bits per heavy atom. The van der Waals surface area contributed by atoms with Gasteiger partial charge in [-0.2, -0.15) is 0 Å². The van der Waals surface area contributed by atoms with Crippen molar-refractivity contribution in [2.75, 3.05) is 5.32 Å². The molecule has 0 radical (unpaired) electrons. The maximum atomic E-state index is 13.6. The first-order valence-corrected chi connectivity index (χ1v) is 8.90. The average Bonchev–Trinajstić information content (AvgIpc) is 2.96. The van der Waals surface area contributed by atoms with E-state index in [0.29, 0.717) is 10.7 Å². The van der Waals surface area contributed by atoms with Gasteiger partial charge in [0, 0.05) is 0 Å². The molecule has 0 aliphatic rings. The molecular weight excluding hydrogens is 323 g/mol. The lowest BCUT2D eigenvalue weighted by molar-refractivity contribution is -0.115. The Morgan fingerprint density at radius 2 is 2.08 bits per heavy atom. The van der Waals surface area contributed by atoms with Crippen LogP contribution in [-0.2, 0) is 17.6 Å². The zero-order valence-corrected chi connectivity index (χ0v) is 14.3. The minimum atomic E-state index is -0.363. The Morgan fingerprint density at radius 3 is 2.88 bits per heavy atom. The van der Waals surface area contributed by atoms with Crippen LogP contribution in [0.4, 0.5) is 9.52 Å². The number of hydrogen-bond acceptors (Lipinski definition) is 3. The maximum absolute atomic E-state index is 13.6. The Hall–Kier alpha value is -2.27. The minimum Gasteiger partial charge on any atom is -0.302 e. The normalized spacial score (nSPS) is 10.9. The molecule has 2 aromatic carbocycles. The van der Waals surface area contributed by atoms with Crippen LogP contribution < -0.4 is 5.32 Å². The van der Waals surface area contributed by atoms with Gasteiger partial charge >= 0.3 is 0 Å². The van der Waals surface area contributed by atoms with E-state index in [0.717, 1.165) is 29.5 Å². The highest BCUT2D eigenvalue weighted by Crippen LogP contribution is 2.27.